The molecule has 4 atom stereocenters. The highest BCUT2D eigenvalue weighted by molar-refractivity contribution is 5.28. The van der Waals surface area contributed by atoms with Crippen LogP contribution in [0.5, 0.6) is 0 Å². The lowest BCUT2D eigenvalue weighted by Gasteiger charge is -2.49. The Labute approximate surface area is 166 Å². The highest BCUT2D eigenvalue weighted by Crippen LogP contribution is 2.45. The second-order valence-electron chi connectivity index (χ2n) is 9.83. The number of hydrogen-bond acceptors (Lipinski definition) is 3. The second kappa shape index (κ2) is 8.80. The van der Waals surface area contributed by atoms with E-state index >= 15 is 0 Å². The Balaban J connectivity index is 1.43. The van der Waals surface area contributed by atoms with Crippen LogP contribution in [0.4, 0.5) is 0 Å². The van der Waals surface area contributed by atoms with Gasteiger partial charge >= 0.3 is 0 Å². The Morgan fingerprint density at radius 3 is 1.81 bits per heavy atom. The number of fused-ring (bicyclic) bond motifs is 2. The molecule has 0 spiro atoms. The molecule has 4 unspecified atom stereocenters. The van der Waals surface area contributed by atoms with Crippen molar-refractivity contribution in [1.29, 1.82) is 0 Å². The molecule has 0 aromatic heterocycles. The van der Waals surface area contributed by atoms with E-state index in [1.807, 2.05) is 0 Å². The number of allylic oxidation sites excluding steroid dienone is 2. The molecule has 4 rings (SSSR count). The topological polar surface area (TPSA) is 55.3 Å². The molecule has 2 heterocycles. The largest absolute Gasteiger partial charge is 0.323 e. The molecule has 0 amide bonds. The zero-order chi connectivity index (χ0) is 18.7. The third-order valence-corrected chi connectivity index (χ3v) is 8.13. The van der Waals surface area contributed by atoms with Crippen LogP contribution in [0, 0.1) is 5.92 Å². The van der Waals surface area contributed by atoms with Crippen molar-refractivity contribution in [3.63, 3.8) is 0 Å². The Hall–Kier alpha value is -0.640. The molecule has 2 aliphatic carbocycles. The van der Waals surface area contributed by atoms with Crippen molar-refractivity contribution in [3.05, 3.63) is 24.3 Å². The van der Waals surface area contributed by atoms with Crippen LogP contribution in [0.25, 0.3) is 0 Å². The summed E-state index contributed by atoms with van der Waals surface area (Å²) in [6, 6.07) is 2.29. The Morgan fingerprint density at radius 1 is 0.704 bits per heavy atom. The van der Waals surface area contributed by atoms with Gasteiger partial charge in [-0.25, -0.2) is 0 Å². The maximum absolute atomic E-state index is 6.87. The first kappa shape index (κ1) is 19.7. The lowest BCUT2D eigenvalue weighted by Crippen LogP contribution is -2.62. The van der Waals surface area contributed by atoms with E-state index in [2.05, 4.69) is 29.2 Å². The number of hydrogen-bond donors (Lipinski definition) is 2. The van der Waals surface area contributed by atoms with Crippen LogP contribution in [0.2, 0.25) is 0 Å². The van der Waals surface area contributed by atoms with Crippen molar-refractivity contribution in [1.82, 2.24) is 4.90 Å². The highest BCUT2D eigenvalue weighted by atomic mass is 15.2. The number of rotatable bonds is 2. The first-order valence-corrected chi connectivity index (χ1v) is 11.9. The molecule has 0 radical (unpaired) electrons. The van der Waals surface area contributed by atoms with Gasteiger partial charge in [0.2, 0.25) is 0 Å². The average molecular weight is 372 g/mol. The number of piperidine rings is 1. The first-order chi connectivity index (χ1) is 13.2. The molecule has 0 aromatic carbocycles. The lowest BCUT2D eigenvalue weighted by atomic mass is 9.70. The van der Waals surface area contributed by atoms with Crippen LogP contribution in [0.1, 0.15) is 89.9 Å². The molecule has 4 N–H and O–H groups in total. The van der Waals surface area contributed by atoms with Gasteiger partial charge in [0.15, 0.2) is 0 Å². The predicted octanol–water partition coefficient (Wildman–Crippen LogP) is 4.66. The van der Waals surface area contributed by atoms with Crippen molar-refractivity contribution < 1.29 is 0 Å². The zero-order valence-corrected chi connectivity index (χ0v) is 17.2. The Bertz CT molecular complexity index is 516. The van der Waals surface area contributed by atoms with E-state index in [0.29, 0.717) is 5.92 Å². The summed E-state index contributed by atoms with van der Waals surface area (Å²) in [6.45, 7) is 0. The molecule has 27 heavy (non-hydrogen) atoms. The molecular formula is C24H41N3. The summed E-state index contributed by atoms with van der Waals surface area (Å²) in [5.41, 5.74) is 13.0. The maximum atomic E-state index is 6.87. The fraction of sp³-hybridized carbons (Fsp3) is 0.833. The van der Waals surface area contributed by atoms with Crippen LogP contribution in [0.3, 0.4) is 0 Å². The molecule has 2 bridgehead atoms. The molecule has 4 aliphatic rings. The minimum atomic E-state index is -0.337. The van der Waals surface area contributed by atoms with E-state index in [1.54, 1.807) is 0 Å². The van der Waals surface area contributed by atoms with Gasteiger partial charge in [-0.3, -0.25) is 4.90 Å². The number of nitrogens with zero attached hydrogens (tertiary/aromatic N) is 1. The summed E-state index contributed by atoms with van der Waals surface area (Å²) in [7, 11) is 0. The third kappa shape index (κ3) is 4.21. The molecule has 3 fully saturated rings. The Morgan fingerprint density at radius 2 is 1.26 bits per heavy atom. The smallest absolute Gasteiger partial charge is 0.0562 e. The molecule has 152 valence electrons. The van der Waals surface area contributed by atoms with Crippen molar-refractivity contribution in [2.75, 3.05) is 0 Å². The average Bonchev–Trinajstić information content (AvgIpc) is 2.91. The van der Waals surface area contributed by atoms with Crippen LogP contribution in [-0.2, 0) is 0 Å². The third-order valence-electron chi connectivity index (χ3n) is 8.13. The van der Waals surface area contributed by atoms with Gasteiger partial charge in [-0.05, 0) is 44.4 Å². The monoisotopic (exact) mass is 371 g/mol. The van der Waals surface area contributed by atoms with Gasteiger partial charge in [0.25, 0.3) is 0 Å². The van der Waals surface area contributed by atoms with Crippen molar-refractivity contribution in [2.45, 2.75) is 120 Å². The normalized spacial score (nSPS) is 42.1. The van der Waals surface area contributed by atoms with Crippen LogP contribution in [-0.4, -0.2) is 34.6 Å². The summed E-state index contributed by atoms with van der Waals surface area (Å²) < 4.78 is 0. The fourth-order valence-corrected chi connectivity index (χ4v) is 6.57. The molecule has 3 nitrogen and oxygen atoms in total. The van der Waals surface area contributed by atoms with Gasteiger partial charge in [0.1, 0.15) is 0 Å². The predicted molar refractivity (Wildman–Crippen MR) is 115 cm³/mol. The number of nitrogens with two attached hydrogens (primary N) is 2. The molecule has 1 saturated carbocycles. The summed E-state index contributed by atoms with van der Waals surface area (Å²) in [4.78, 5) is 2.98. The first-order valence-electron chi connectivity index (χ1n) is 11.9. The van der Waals surface area contributed by atoms with Crippen molar-refractivity contribution >= 4 is 0 Å². The van der Waals surface area contributed by atoms with Gasteiger partial charge in [-0.1, -0.05) is 75.7 Å². The van der Waals surface area contributed by atoms with Gasteiger partial charge in [-0.15, -0.1) is 0 Å². The summed E-state index contributed by atoms with van der Waals surface area (Å²) in [6.07, 6.45) is 28.1. The summed E-state index contributed by atoms with van der Waals surface area (Å²) >= 11 is 0. The van der Waals surface area contributed by atoms with Crippen LogP contribution >= 0.6 is 0 Å². The van der Waals surface area contributed by atoms with E-state index in [0.717, 1.165) is 18.1 Å². The van der Waals surface area contributed by atoms with Crippen molar-refractivity contribution in [2.24, 2.45) is 17.4 Å². The van der Waals surface area contributed by atoms with Gasteiger partial charge in [-0.2, -0.15) is 0 Å². The Kier molecular flexibility index (Phi) is 6.41. The lowest BCUT2D eigenvalue weighted by molar-refractivity contribution is 0.0311. The maximum Gasteiger partial charge on any atom is 0.0562 e. The summed E-state index contributed by atoms with van der Waals surface area (Å²) in [5.74, 6) is 0.533. The van der Waals surface area contributed by atoms with Gasteiger partial charge < -0.3 is 11.5 Å². The van der Waals surface area contributed by atoms with Crippen LogP contribution < -0.4 is 11.5 Å². The standard InChI is InChI=1S/C24H41N3/c25-23-13-9-10-16-24(23,26)19-17-21-14-15-22(18-19)27(21)20-11-7-5-3-1-2-4-6-8-12-20/h9-10,13,16,19-23H,1-8,11-12,14-15,17-18,25-26H2. The molecule has 2 aliphatic heterocycles. The molecule has 3 heteroatoms. The fourth-order valence-electron chi connectivity index (χ4n) is 6.57. The van der Waals surface area contributed by atoms with Gasteiger partial charge in [0, 0.05) is 24.2 Å². The molecule has 2 saturated heterocycles. The minimum absolute atomic E-state index is 0.0316. The molecular weight excluding hydrogens is 330 g/mol. The minimum Gasteiger partial charge on any atom is -0.323 e. The van der Waals surface area contributed by atoms with Gasteiger partial charge in [0.05, 0.1) is 5.54 Å². The second-order valence-corrected chi connectivity index (χ2v) is 9.83. The van der Waals surface area contributed by atoms with E-state index in [-0.39, 0.29) is 11.6 Å². The van der Waals surface area contributed by atoms with E-state index < -0.39 is 0 Å². The van der Waals surface area contributed by atoms with E-state index in [4.69, 9.17) is 11.5 Å². The van der Waals surface area contributed by atoms with Crippen molar-refractivity contribution in [3.8, 4) is 0 Å². The zero-order valence-electron chi connectivity index (χ0n) is 17.2. The highest BCUT2D eigenvalue weighted by Gasteiger charge is 2.49. The van der Waals surface area contributed by atoms with E-state index in [1.165, 1.54) is 89.9 Å². The summed E-state index contributed by atoms with van der Waals surface area (Å²) in [5, 5.41) is 0. The van der Waals surface area contributed by atoms with E-state index in [9.17, 15) is 0 Å². The molecule has 0 aromatic rings. The van der Waals surface area contributed by atoms with Crippen LogP contribution in [0.15, 0.2) is 24.3 Å². The SMILES string of the molecule is NC1C=CC=CC1(N)C1CC2CCC(C1)N2C1CCCCCCCCCC1. The quantitative estimate of drug-likeness (QED) is 0.742.